The molecule has 0 aliphatic rings. The van der Waals surface area contributed by atoms with Crippen LogP contribution < -0.4 is 28.7 Å². The zero-order valence-electron chi connectivity index (χ0n) is 32.0. The molecule has 0 atom stereocenters. The fraction of sp³-hybridized carbons (Fsp3) is 0.0800. The van der Waals surface area contributed by atoms with Gasteiger partial charge in [-0.1, -0.05) is 84.9 Å². The van der Waals surface area contributed by atoms with Gasteiger partial charge in [-0.25, -0.2) is 0 Å². The average molecular weight is 737 g/mol. The topological polar surface area (TPSA) is 43.4 Å². The van der Waals surface area contributed by atoms with Gasteiger partial charge in [-0.05, 0) is 119 Å². The number of hydrogen-bond acceptors (Lipinski definition) is 6. The van der Waals surface area contributed by atoms with E-state index in [2.05, 4.69) is 144 Å². The van der Waals surface area contributed by atoms with Gasteiger partial charge in [0.2, 0.25) is 0 Å². The highest BCUT2D eigenvalue weighted by molar-refractivity contribution is 5.87. The van der Waals surface area contributed by atoms with Crippen LogP contribution in [-0.2, 0) is 0 Å². The Kier molecular flexibility index (Phi) is 11.8. The Morgan fingerprint density at radius 3 is 0.875 bits per heavy atom. The minimum Gasteiger partial charge on any atom is -0.497 e. The van der Waals surface area contributed by atoms with Crippen LogP contribution >= 0.6 is 0 Å². The molecule has 0 aliphatic carbocycles. The van der Waals surface area contributed by atoms with Crippen molar-refractivity contribution in [2.24, 2.45) is 0 Å². The van der Waals surface area contributed by atoms with Crippen LogP contribution in [0.2, 0.25) is 0 Å². The Labute approximate surface area is 329 Å². The van der Waals surface area contributed by atoms with Gasteiger partial charge in [0, 0.05) is 46.3 Å². The fourth-order valence-electron chi connectivity index (χ4n) is 6.55. The average Bonchev–Trinajstić information content (AvgIpc) is 3.28. The Morgan fingerprint density at radius 1 is 0.321 bits per heavy atom. The summed E-state index contributed by atoms with van der Waals surface area (Å²) in [7, 11) is 6.73. The lowest BCUT2D eigenvalue weighted by molar-refractivity contribution is 0.414. The molecule has 7 aromatic carbocycles. The minimum atomic E-state index is 0.790. The highest BCUT2D eigenvalue weighted by atomic mass is 16.5. The van der Waals surface area contributed by atoms with E-state index < -0.39 is 0 Å². The molecule has 6 heteroatoms. The predicted molar refractivity (Wildman–Crippen MR) is 230 cm³/mol. The van der Waals surface area contributed by atoms with Gasteiger partial charge in [0.05, 0.1) is 28.4 Å². The summed E-state index contributed by atoms with van der Waals surface area (Å²) in [6, 6.07) is 62.2. The molecule has 0 spiro atoms. The van der Waals surface area contributed by atoms with Crippen molar-refractivity contribution in [1.29, 1.82) is 0 Å². The Balaban J connectivity index is 1.43. The van der Waals surface area contributed by atoms with Gasteiger partial charge in [0.1, 0.15) is 23.0 Å². The van der Waals surface area contributed by atoms with E-state index in [0.29, 0.717) is 0 Å². The number of methoxy groups -OCH3 is 4. The molecule has 6 nitrogen and oxygen atoms in total. The Hall–Kier alpha value is -7.18. The number of benzene rings is 7. The van der Waals surface area contributed by atoms with E-state index in [0.717, 1.165) is 79.1 Å². The van der Waals surface area contributed by atoms with E-state index >= 15 is 0 Å². The molecule has 0 saturated heterocycles. The predicted octanol–water partition coefficient (Wildman–Crippen LogP) is 12.2. The van der Waals surface area contributed by atoms with Crippen molar-refractivity contribution in [2.75, 3.05) is 38.2 Å². The molecular weight excluding hydrogens is 693 g/mol. The summed E-state index contributed by atoms with van der Waals surface area (Å²) in [6.45, 7) is 0. The van der Waals surface area contributed by atoms with Crippen molar-refractivity contribution in [1.82, 2.24) is 0 Å². The van der Waals surface area contributed by atoms with Crippen LogP contribution in [0.25, 0.3) is 11.1 Å². The van der Waals surface area contributed by atoms with Crippen molar-refractivity contribution in [3.05, 3.63) is 217 Å². The summed E-state index contributed by atoms with van der Waals surface area (Å²) >= 11 is 0. The molecule has 56 heavy (non-hydrogen) atoms. The number of nitrogens with zero attached hydrogens (tertiary/aromatic N) is 2. The summed E-state index contributed by atoms with van der Waals surface area (Å²) in [5, 5.41) is 0. The smallest absolute Gasteiger partial charge is 0.118 e. The van der Waals surface area contributed by atoms with Crippen LogP contribution in [0.1, 0.15) is 22.3 Å². The molecule has 7 rings (SSSR count). The number of rotatable bonds is 14. The second-order valence-electron chi connectivity index (χ2n) is 12.9. The highest BCUT2D eigenvalue weighted by Crippen LogP contribution is 2.37. The molecule has 0 saturated carbocycles. The molecule has 0 fully saturated rings. The maximum absolute atomic E-state index is 5.54. The van der Waals surface area contributed by atoms with Crippen LogP contribution in [0.5, 0.6) is 23.0 Å². The second-order valence-corrected chi connectivity index (χ2v) is 12.9. The van der Waals surface area contributed by atoms with Gasteiger partial charge in [0.25, 0.3) is 0 Å². The van der Waals surface area contributed by atoms with Crippen molar-refractivity contribution in [3.8, 4) is 23.0 Å². The number of anilines is 4. The van der Waals surface area contributed by atoms with Gasteiger partial charge in [-0.3, -0.25) is 0 Å². The summed E-state index contributed by atoms with van der Waals surface area (Å²) in [5.41, 5.74) is 10.3. The first-order valence-corrected chi connectivity index (χ1v) is 18.4. The van der Waals surface area contributed by atoms with Crippen molar-refractivity contribution < 1.29 is 18.9 Å². The molecule has 278 valence electrons. The molecule has 0 unspecified atom stereocenters. The van der Waals surface area contributed by atoms with Crippen LogP contribution in [0.3, 0.4) is 0 Å². The van der Waals surface area contributed by atoms with Crippen molar-refractivity contribution >= 4 is 33.9 Å². The standard InChI is InChI=1S/C50H44N2O4/c1-53-45-27-15-37(16-28-45)49(38-17-29-46(54-2)30-18-38)35-51(36-50(39-19-31-47(55-3)32-20-39)40-21-33-48(56-4)34-22-40)41-23-25-44(26-24-41)52(42-11-7-5-8-12-42)43-13-9-6-10-14-43/h5-36H,1-4H3. The number of ether oxygens (including phenoxy) is 4. The molecule has 0 aliphatic heterocycles. The van der Waals surface area contributed by atoms with Crippen molar-refractivity contribution in [2.45, 2.75) is 0 Å². The summed E-state index contributed by atoms with van der Waals surface area (Å²) in [5.74, 6) is 3.16. The van der Waals surface area contributed by atoms with Crippen molar-refractivity contribution in [3.63, 3.8) is 0 Å². The lowest BCUT2D eigenvalue weighted by Crippen LogP contribution is -2.12. The normalized spacial score (nSPS) is 10.5. The molecule has 0 heterocycles. The SMILES string of the molecule is COc1ccc(C(=CN(C=C(c2ccc(OC)cc2)c2ccc(OC)cc2)c2ccc(N(c3ccccc3)c3ccccc3)cc2)c2ccc(OC)cc2)cc1. The largest absolute Gasteiger partial charge is 0.497 e. The fourth-order valence-corrected chi connectivity index (χ4v) is 6.55. The van der Waals surface area contributed by atoms with Gasteiger partial charge >= 0.3 is 0 Å². The summed E-state index contributed by atoms with van der Waals surface area (Å²) in [4.78, 5) is 4.47. The van der Waals surface area contributed by atoms with Gasteiger partial charge in [0.15, 0.2) is 0 Å². The molecule has 0 N–H and O–H groups in total. The third kappa shape index (κ3) is 8.61. The molecule has 0 aromatic heterocycles. The first-order chi connectivity index (χ1) is 27.6. The molecule has 0 radical (unpaired) electrons. The zero-order chi connectivity index (χ0) is 38.7. The van der Waals surface area contributed by atoms with E-state index in [9.17, 15) is 0 Å². The Bertz CT molecular complexity index is 2110. The first kappa shape index (κ1) is 37.1. The first-order valence-electron chi connectivity index (χ1n) is 18.4. The summed E-state index contributed by atoms with van der Waals surface area (Å²) < 4.78 is 22.1. The van der Waals surface area contributed by atoms with E-state index in [1.165, 1.54) is 0 Å². The minimum absolute atomic E-state index is 0.790. The molecule has 0 amide bonds. The molecular formula is C50H44N2O4. The monoisotopic (exact) mass is 736 g/mol. The summed E-state index contributed by atoms with van der Waals surface area (Å²) in [6.07, 6.45) is 4.38. The highest BCUT2D eigenvalue weighted by Gasteiger charge is 2.16. The van der Waals surface area contributed by atoms with Crippen LogP contribution in [0, 0.1) is 0 Å². The maximum atomic E-state index is 5.54. The van der Waals surface area contributed by atoms with Gasteiger partial charge < -0.3 is 28.7 Å². The van der Waals surface area contributed by atoms with Crippen LogP contribution in [-0.4, -0.2) is 28.4 Å². The van der Waals surface area contributed by atoms with Gasteiger partial charge in [-0.2, -0.15) is 0 Å². The van der Waals surface area contributed by atoms with E-state index in [1.807, 2.05) is 60.7 Å². The number of para-hydroxylation sites is 2. The van der Waals surface area contributed by atoms with Crippen LogP contribution in [0.15, 0.2) is 194 Å². The lowest BCUT2D eigenvalue weighted by atomic mass is 9.97. The second kappa shape index (κ2) is 17.8. The zero-order valence-corrected chi connectivity index (χ0v) is 32.0. The van der Waals surface area contributed by atoms with Gasteiger partial charge in [-0.15, -0.1) is 0 Å². The number of hydrogen-bond donors (Lipinski definition) is 0. The van der Waals surface area contributed by atoms with E-state index in [1.54, 1.807) is 28.4 Å². The van der Waals surface area contributed by atoms with E-state index in [-0.39, 0.29) is 0 Å². The third-order valence-corrected chi connectivity index (χ3v) is 9.58. The van der Waals surface area contributed by atoms with E-state index in [4.69, 9.17) is 18.9 Å². The quantitative estimate of drug-likeness (QED) is 0.111. The maximum Gasteiger partial charge on any atom is 0.118 e. The Morgan fingerprint density at radius 2 is 0.589 bits per heavy atom. The lowest BCUT2D eigenvalue weighted by Gasteiger charge is -2.27. The third-order valence-electron chi connectivity index (χ3n) is 9.58. The molecule has 0 bridgehead atoms. The van der Waals surface area contributed by atoms with Crippen LogP contribution in [0.4, 0.5) is 22.7 Å². The molecule has 7 aromatic rings.